The Bertz CT molecular complexity index is 1520. The maximum absolute atomic E-state index is 13.7. The second kappa shape index (κ2) is 10.7. The molecule has 5 rings (SSSR count). The van der Waals surface area contributed by atoms with E-state index >= 15 is 0 Å². The molecular formula is C26H24F10N6O2. The molecule has 2 aliphatic rings. The first kappa shape index (κ1) is 31.6. The summed E-state index contributed by atoms with van der Waals surface area (Å²) in [7, 11) is 0. The van der Waals surface area contributed by atoms with Gasteiger partial charge in [0.05, 0.1) is 0 Å². The minimum absolute atomic E-state index is 0.0794. The summed E-state index contributed by atoms with van der Waals surface area (Å²) in [5.74, 6) is -1.06. The van der Waals surface area contributed by atoms with Crippen LogP contribution in [0.3, 0.4) is 0 Å². The van der Waals surface area contributed by atoms with Gasteiger partial charge in [-0.3, -0.25) is 0 Å². The zero-order valence-corrected chi connectivity index (χ0v) is 22.4. The van der Waals surface area contributed by atoms with E-state index in [1.165, 1.54) is 17.0 Å². The van der Waals surface area contributed by atoms with Crippen molar-refractivity contribution in [3.8, 4) is 0 Å². The summed E-state index contributed by atoms with van der Waals surface area (Å²) in [5, 5.41) is 18.5. The van der Waals surface area contributed by atoms with E-state index in [1.54, 1.807) is 0 Å². The number of aromatic nitrogens is 3. The first-order valence-corrected chi connectivity index (χ1v) is 13.2. The highest BCUT2D eigenvalue weighted by Crippen LogP contribution is 2.42. The number of halogens is 10. The number of amides is 2. The van der Waals surface area contributed by atoms with Crippen molar-refractivity contribution in [2.75, 3.05) is 25.0 Å². The summed E-state index contributed by atoms with van der Waals surface area (Å²) in [5.41, 5.74) is -7.10. The van der Waals surface area contributed by atoms with Gasteiger partial charge in [0.15, 0.2) is 22.6 Å². The second-order valence-electron chi connectivity index (χ2n) is 11.1. The van der Waals surface area contributed by atoms with Gasteiger partial charge in [-0.05, 0) is 43.4 Å². The van der Waals surface area contributed by atoms with E-state index in [9.17, 15) is 53.8 Å². The van der Waals surface area contributed by atoms with Crippen molar-refractivity contribution in [1.82, 2.24) is 24.8 Å². The molecule has 0 unspecified atom stereocenters. The van der Waals surface area contributed by atoms with Crippen LogP contribution in [-0.4, -0.2) is 68.1 Å². The van der Waals surface area contributed by atoms with Crippen molar-refractivity contribution in [3.05, 3.63) is 59.2 Å². The van der Waals surface area contributed by atoms with E-state index < -0.39 is 83.1 Å². The third kappa shape index (κ3) is 6.08. The molecular weight excluding hydrogens is 618 g/mol. The van der Waals surface area contributed by atoms with Crippen LogP contribution in [0.25, 0.3) is 5.65 Å². The molecule has 1 aliphatic carbocycles. The summed E-state index contributed by atoms with van der Waals surface area (Å²) in [4.78, 5) is 17.5. The van der Waals surface area contributed by atoms with Crippen LogP contribution in [0.4, 0.5) is 54.5 Å². The van der Waals surface area contributed by atoms with Gasteiger partial charge in [-0.1, -0.05) is 12.1 Å². The van der Waals surface area contributed by atoms with Gasteiger partial charge in [0.25, 0.3) is 0 Å². The molecule has 8 nitrogen and oxygen atoms in total. The molecule has 1 aliphatic heterocycles. The third-order valence-electron chi connectivity index (χ3n) is 8.01. The maximum atomic E-state index is 13.7. The molecule has 44 heavy (non-hydrogen) atoms. The van der Waals surface area contributed by atoms with E-state index in [1.807, 2.05) is 0 Å². The fraction of sp³-hybridized carbons (Fsp3) is 0.500. The molecule has 18 heteroatoms. The largest absolute Gasteiger partial charge is 0.435 e. The topological polar surface area (TPSA) is 94.8 Å². The van der Waals surface area contributed by atoms with Gasteiger partial charge in [-0.25, -0.2) is 14.2 Å². The third-order valence-corrected chi connectivity index (χ3v) is 8.01. The van der Waals surface area contributed by atoms with Gasteiger partial charge in [-0.2, -0.15) is 49.1 Å². The number of hydrogen-bond acceptors (Lipinski definition) is 5. The Kier molecular flexibility index (Phi) is 7.65. The number of anilines is 1. The van der Waals surface area contributed by atoms with Crippen LogP contribution in [0.15, 0.2) is 36.4 Å². The summed E-state index contributed by atoms with van der Waals surface area (Å²) < 4.78 is 134. The first-order valence-electron chi connectivity index (χ1n) is 13.2. The Labute approximate surface area is 242 Å². The summed E-state index contributed by atoms with van der Waals surface area (Å²) in [6.45, 7) is -0.393. The summed E-state index contributed by atoms with van der Waals surface area (Å²) >= 11 is 0. The van der Waals surface area contributed by atoms with Crippen LogP contribution < -0.4 is 10.6 Å². The van der Waals surface area contributed by atoms with E-state index in [2.05, 4.69) is 20.7 Å². The molecule has 0 spiro atoms. The van der Waals surface area contributed by atoms with Gasteiger partial charge in [0, 0.05) is 43.2 Å². The molecule has 240 valence electrons. The van der Waals surface area contributed by atoms with Crippen LogP contribution in [0.5, 0.6) is 0 Å². The minimum Gasteiger partial charge on any atom is -0.380 e. The average molecular weight is 642 g/mol. The summed E-state index contributed by atoms with van der Waals surface area (Å²) in [6.07, 6.45) is -16.3. The minimum atomic E-state index is -5.00. The van der Waals surface area contributed by atoms with Crippen molar-refractivity contribution in [1.29, 1.82) is 0 Å². The second-order valence-corrected chi connectivity index (χ2v) is 11.1. The van der Waals surface area contributed by atoms with Crippen molar-refractivity contribution in [3.63, 3.8) is 0 Å². The summed E-state index contributed by atoms with van der Waals surface area (Å²) in [6, 6.07) is 4.60. The molecule has 0 atom stereocenters. The van der Waals surface area contributed by atoms with Crippen molar-refractivity contribution in [2.24, 2.45) is 0 Å². The molecule has 1 saturated heterocycles. The number of fused-ring (bicyclic) bond motifs is 1. The fourth-order valence-electron chi connectivity index (χ4n) is 5.46. The van der Waals surface area contributed by atoms with Crippen molar-refractivity contribution in [2.45, 2.75) is 61.3 Å². The predicted octanol–water partition coefficient (Wildman–Crippen LogP) is 5.52. The van der Waals surface area contributed by atoms with Gasteiger partial charge in [0.2, 0.25) is 0 Å². The smallest absolute Gasteiger partial charge is 0.380 e. The maximum Gasteiger partial charge on any atom is 0.435 e. The fourth-order valence-corrected chi connectivity index (χ4v) is 5.46. The number of hydrogen-bond donors (Lipinski definition) is 3. The number of carbonyl (C=O) groups excluding carboxylic acids is 1. The molecule has 3 N–H and O–H groups in total. The number of alkyl halides is 9. The van der Waals surface area contributed by atoms with Crippen LogP contribution in [0.2, 0.25) is 0 Å². The van der Waals surface area contributed by atoms with E-state index in [4.69, 9.17) is 0 Å². The highest BCUT2D eigenvalue weighted by atomic mass is 19.4. The van der Waals surface area contributed by atoms with Crippen LogP contribution in [0.1, 0.15) is 42.6 Å². The zero-order chi connectivity index (χ0) is 32.3. The normalized spacial score (nSPS) is 22.5. The Morgan fingerprint density at radius 2 is 1.52 bits per heavy atom. The SMILES string of the molecule is O=C(NC1CCC(O)(C(F)(F)F)CC1)N1CC(CNc2cc(C(F)(F)F)nc3cc(C(F)(F)F)nn23)(c2ccc(F)cc2)C1. The number of nitrogens with one attached hydrogen (secondary N) is 2. The quantitative estimate of drug-likeness (QED) is 0.319. The molecule has 2 aromatic heterocycles. The van der Waals surface area contributed by atoms with Crippen molar-refractivity contribution >= 4 is 17.5 Å². The van der Waals surface area contributed by atoms with Crippen LogP contribution in [-0.2, 0) is 17.8 Å². The van der Waals surface area contributed by atoms with E-state index in [-0.39, 0.29) is 32.5 Å². The lowest BCUT2D eigenvalue weighted by molar-refractivity contribution is -0.270. The Morgan fingerprint density at radius 3 is 2.07 bits per heavy atom. The highest BCUT2D eigenvalue weighted by Gasteiger charge is 2.55. The van der Waals surface area contributed by atoms with Crippen LogP contribution >= 0.6 is 0 Å². The number of carbonyl (C=O) groups is 1. The van der Waals surface area contributed by atoms with E-state index in [0.717, 1.165) is 12.1 Å². The highest BCUT2D eigenvalue weighted by molar-refractivity contribution is 5.76. The molecule has 0 radical (unpaired) electrons. The average Bonchev–Trinajstić information content (AvgIpc) is 3.34. The number of urea groups is 1. The Hall–Kier alpha value is -3.83. The predicted molar refractivity (Wildman–Crippen MR) is 133 cm³/mol. The Morgan fingerprint density at radius 1 is 0.932 bits per heavy atom. The monoisotopic (exact) mass is 642 g/mol. The van der Waals surface area contributed by atoms with Gasteiger partial charge >= 0.3 is 24.6 Å². The standard InChI is InChI=1S/C26H24F10N6O2/c27-15-3-1-14(2-4-15)22(12-41(13-22)21(43)38-16-5-7-23(44,8-6-16)26(34,35)36)11-37-19-9-17(24(28,29)30)39-20-10-18(25(31,32)33)40-42(19)20/h1-4,9-10,16,37,44H,5-8,11-13H2,(H,38,43). The lowest BCUT2D eigenvalue weighted by Crippen LogP contribution is -2.66. The first-order chi connectivity index (χ1) is 20.3. The molecule has 2 amide bonds. The molecule has 3 aromatic rings. The van der Waals surface area contributed by atoms with Gasteiger partial charge < -0.3 is 20.6 Å². The lowest BCUT2D eigenvalue weighted by atomic mass is 9.73. The molecule has 1 aromatic carbocycles. The lowest BCUT2D eigenvalue weighted by Gasteiger charge is -2.51. The number of rotatable bonds is 5. The Balaban J connectivity index is 1.35. The van der Waals surface area contributed by atoms with E-state index in [0.29, 0.717) is 22.2 Å². The van der Waals surface area contributed by atoms with Crippen molar-refractivity contribution < 1.29 is 53.8 Å². The molecule has 0 bridgehead atoms. The number of likely N-dealkylation sites (tertiary alicyclic amines) is 1. The van der Waals surface area contributed by atoms with Crippen LogP contribution in [0, 0.1) is 5.82 Å². The molecule has 2 fully saturated rings. The number of benzene rings is 1. The number of nitrogens with zero attached hydrogens (tertiary/aromatic N) is 4. The number of aliphatic hydroxyl groups is 1. The molecule has 1 saturated carbocycles. The molecule has 3 heterocycles. The van der Waals surface area contributed by atoms with Gasteiger partial charge in [0.1, 0.15) is 11.6 Å². The zero-order valence-electron chi connectivity index (χ0n) is 22.4. The van der Waals surface area contributed by atoms with Gasteiger partial charge in [-0.15, -0.1) is 0 Å².